The summed E-state index contributed by atoms with van der Waals surface area (Å²) in [5, 5.41) is 0. The summed E-state index contributed by atoms with van der Waals surface area (Å²) in [4.78, 5) is 23.1. The molecule has 0 spiro atoms. The van der Waals surface area contributed by atoms with Crippen LogP contribution in [0.3, 0.4) is 0 Å². The van der Waals surface area contributed by atoms with Crippen LogP contribution in [0.1, 0.15) is 58.4 Å². The van der Waals surface area contributed by atoms with Crippen molar-refractivity contribution in [3.63, 3.8) is 0 Å². The van der Waals surface area contributed by atoms with Gasteiger partial charge in [0, 0.05) is 0 Å². The molecule has 3 nitrogen and oxygen atoms in total. The third-order valence-corrected chi connectivity index (χ3v) is 4.37. The molecule has 0 atom stereocenters. The molecule has 20 heavy (non-hydrogen) atoms. The molecule has 2 rings (SSSR count). The largest absolute Gasteiger partial charge is 0.352 e. The molecule has 0 saturated heterocycles. The lowest BCUT2D eigenvalue weighted by Gasteiger charge is -2.28. The van der Waals surface area contributed by atoms with Crippen molar-refractivity contribution in [2.45, 2.75) is 63.9 Å². The van der Waals surface area contributed by atoms with Crippen LogP contribution in [0.25, 0.3) is 0 Å². The smallest absolute Gasteiger partial charge is 0.297 e. The third-order valence-electron chi connectivity index (χ3n) is 4.37. The van der Waals surface area contributed by atoms with Gasteiger partial charge in [-0.25, -0.2) is 4.79 Å². The Morgan fingerprint density at radius 1 is 1.20 bits per heavy atom. The van der Waals surface area contributed by atoms with Crippen LogP contribution in [0.4, 0.5) is 0 Å². The molecule has 0 aromatic heterocycles. The summed E-state index contributed by atoms with van der Waals surface area (Å²) in [6.45, 7) is 5.85. The Kier molecular flexibility index (Phi) is 4.48. The SMILES string of the molecule is CCC(C)(C)OOC(=O)C1(c2ccccc2)CCCC1. The highest BCUT2D eigenvalue weighted by atomic mass is 17.2. The van der Waals surface area contributed by atoms with E-state index in [1.807, 2.05) is 51.1 Å². The van der Waals surface area contributed by atoms with E-state index in [0.29, 0.717) is 0 Å². The van der Waals surface area contributed by atoms with Crippen LogP contribution in [-0.4, -0.2) is 11.6 Å². The third kappa shape index (κ3) is 3.04. The van der Waals surface area contributed by atoms with E-state index >= 15 is 0 Å². The molecule has 0 amide bonds. The molecule has 1 aliphatic carbocycles. The molecule has 1 aromatic rings. The zero-order valence-electron chi connectivity index (χ0n) is 12.6. The average Bonchev–Trinajstić information content (AvgIpc) is 2.97. The maximum absolute atomic E-state index is 12.6. The van der Waals surface area contributed by atoms with Gasteiger partial charge in [0.1, 0.15) is 5.60 Å². The summed E-state index contributed by atoms with van der Waals surface area (Å²) in [7, 11) is 0. The molecule has 1 fully saturated rings. The highest BCUT2D eigenvalue weighted by Crippen LogP contribution is 2.42. The van der Waals surface area contributed by atoms with Crippen LogP contribution in [0.2, 0.25) is 0 Å². The van der Waals surface area contributed by atoms with Crippen molar-refractivity contribution in [3.8, 4) is 0 Å². The van der Waals surface area contributed by atoms with Gasteiger partial charge in [0.2, 0.25) is 0 Å². The van der Waals surface area contributed by atoms with Crippen molar-refractivity contribution in [2.75, 3.05) is 0 Å². The number of rotatable bonds is 5. The fourth-order valence-corrected chi connectivity index (χ4v) is 2.64. The van der Waals surface area contributed by atoms with E-state index in [-0.39, 0.29) is 5.97 Å². The lowest BCUT2D eigenvalue weighted by atomic mass is 9.79. The van der Waals surface area contributed by atoms with Gasteiger partial charge in [0.25, 0.3) is 0 Å². The van der Waals surface area contributed by atoms with Gasteiger partial charge in [-0.15, -0.1) is 0 Å². The maximum atomic E-state index is 12.6. The van der Waals surface area contributed by atoms with Crippen LogP contribution in [0.15, 0.2) is 30.3 Å². The Balaban J connectivity index is 2.15. The fraction of sp³-hybridized carbons (Fsp3) is 0.588. The van der Waals surface area contributed by atoms with Crippen molar-refractivity contribution < 1.29 is 14.6 Å². The highest BCUT2D eigenvalue weighted by molar-refractivity contribution is 5.83. The first-order valence-corrected chi connectivity index (χ1v) is 7.46. The predicted molar refractivity (Wildman–Crippen MR) is 78.1 cm³/mol. The second-order valence-electron chi connectivity index (χ2n) is 6.22. The average molecular weight is 276 g/mol. The Morgan fingerprint density at radius 3 is 2.35 bits per heavy atom. The van der Waals surface area contributed by atoms with E-state index < -0.39 is 11.0 Å². The molecule has 1 aliphatic rings. The van der Waals surface area contributed by atoms with Crippen LogP contribution in [0.5, 0.6) is 0 Å². The van der Waals surface area contributed by atoms with Crippen molar-refractivity contribution in [1.29, 1.82) is 0 Å². The summed E-state index contributed by atoms with van der Waals surface area (Å²) in [6.07, 6.45) is 4.58. The molecular formula is C17H24O3. The maximum Gasteiger partial charge on any atom is 0.352 e. The summed E-state index contributed by atoms with van der Waals surface area (Å²) in [6, 6.07) is 9.93. The van der Waals surface area contributed by atoms with Crippen LogP contribution in [-0.2, 0) is 20.0 Å². The number of hydrogen-bond acceptors (Lipinski definition) is 3. The van der Waals surface area contributed by atoms with Gasteiger partial charge in [-0.05, 0) is 38.7 Å². The summed E-state index contributed by atoms with van der Waals surface area (Å²) in [5.41, 5.74) is 0.0810. The Labute approximate surface area is 121 Å². The fourth-order valence-electron chi connectivity index (χ4n) is 2.64. The molecule has 1 saturated carbocycles. The minimum atomic E-state index is -0.523. The molecule has 0 N–H and O–H groups in total. The monoisotopic (exact) mass is 276 g/mol. The van der Waals surface area contributed by atoms with Gasteiger partial charge in [-0.3, -0.25) is 4.89 Å². The van der Waals surface area contributed by atoms with Crippen LogP contribution >= 0.6 is 0 Å². The van der Waals surface area contributed by atoms with Crippen molar-refractivity contribution >= 4 is 5.97 Å². The molecule has 0 unspecified atom stereocenters. The Bertz CT molecular complexity index is 445. The second-order valence-corrected chi connectivity index (χ2v) is 6.22. The molecule has 0 heterocycles. The predicted octanol–water partition coefficient (Wildman–Crippen LogP) is 4.16. The summed E-state index contributed by atoms with van der Waals surface area (Å²) in [5.74, 6) is -0.247. The normalized spacial score (nSPS) is 17.9. The molecule has 0 radical (unpaired) electrons. The van der Waals surface area contributed by atoms with E-state index in [0.717, 1.165) is 37.7 Å². The lowest BCUT2D eigenvalue weighted by molar-refractivity contribution is -0.329. The second kappa shape index (κ2) is 5.96. The van der Waals surface area contributed by atoms with Gasteiger partial charge >= 0.3 is 5.97 Å². The van der Waals surface area contributed by atoms with Crippen molar-refractivity contribution in [1.82, 2.24) is 0 Å². The molecule has 110 valence electrons. The first-order chi connectivity index (χ1) is 9.50. The van der Waals surface area contributed by atoms with E-state index in [4.69, 9.17) is 9.78 Å². The molecule has 0 aliphatic heterocycles. The standard InChI is InChI=1S/C17H24O3/c1-4-16(2,3)20-19-15(18)17(12-8-9-13-17)14-10-6-5-7-11-14/h5-7,10-11H,4,8-9,12-13H2,1-3H3. The zero-order valence-corrected chi connectivity index (χ0v) is 12.6. The van der Waals surface area contributed by atoms with Crippen LogP contribution < -0.4 is 0 Å². The Hall–Kier alpha value is -1.35. The highest BCUT2D eigenvalue weighted by Gasteiger charge is 2.45. The lowest BCUT2D eigenvalue weighted by Crippen LogP contribution is -2.37. The topological polar surface area (TPSA) is 35.5 Å². The zero-order chi connectivity index (χ0) is 14.6. The Morgan fingerprint density at radius 2 is 1.80 bits per heavy atom. The minimum Gasteiger partial charge on any atom is -0.297 e. The van der Waals surface area contributed by atoms with Gasteiger partial charge in [-0.2, -0.15) is 4.89 Å². The molecule has 1 aromatic carbocycles. The van der Waals surface area contributed by atoms with E-state index in [2.05, 4.69) is 0 Å². The summed E-state index contributed by atoms with van der Waals surface area (Å²) >= 11 is 0. The molecular weight excluding hydrogens is 252 g/mol. The molecule has 0 bridgehead atoms. The van der Waals surface area contributed by atoms with Gasteiger partial charge in [-0.1, -0.05) is 50.1 Å². The van der Waals surface area contributed by atoms with E-state index in [9.17, 15) is 4.79 Å². The first-order valence-electron chi connectivity index (χ1n) is 7.46. The first kappa shape index (κ1) is 15.0. The minimum absolute atomic E-state index is 0.247. The van der Waals surface area contributed by atoms with Crippen molar-refractivity contribution in [2.24, 2.45) is 0 Å². The quantitative estimate of drug-likeness (QED) is 0.598. The number of carbonyl (C=O) groups excluding carboxylic acids is 1. The summed E-state index contributed by atoms with van der Waals surface area (Å²) < 4.78 is 0. The van der Waals surface area contributed by atoms with E-state index in [1.54, 1.807) is 0 Å². The van der Waals surface area contributed by atoms with Gasteiger partial charge < -0.3 is 0 Å². The van der Waals surface area contributed by atoms with Gasteiger partial charge in [0.05, 0.1) is 5.41 Å². The van der Waals surface area contributed by atoms with E-state index in [1.165, 1.54) is 0 Å². The van der Waals surface area contributed by atoms with Crippen molar-refractivity contribution in [3.05, 3.63) is 35.9 Å². The molecule has 3 heteroatoms. The van der Waals surface area contributed by atoms with Crippen LogP contribution in [0, 0.1) is 0 Å². The number of hydrogen-bond donors (Lipinski definition) is 0. The number of benzene rings is 1. The van der Waals surface area contributed by atoms with Gasteiger partial charge in [0.15, 0.2) is 0 Å². The number of carbonyl (C=O) groups is 1.